The summed E-state index contributed by atoms with van der Waals surface area (Å²) in [6, 6.07) is 16.8. The van der Waals surface area contributed by atoms with E-state index >= 15 is 0 Å². The predicted octanol–water partition coefficient (Wildman–Crippen LogP) is 6.05. The summed E-state index contributed by atoms with van der Waals surface area (Å²) in [6.45, 7) is 4.69. The third-order valence-corrected chi connectivity index (χ3v) is 7.50. The first-order valence-electron chi connectivity index (χ1n) is 9.36. The van der Waals surface area contributed by atoms with E-state index in [9.17, 15) is 8.42 Å². The minimum Gasteiger partial charge on any atom is -0.206 e. The highest BCUT2D eigenvalue weighted by Gasteiger charge is 2.25. The highest BCUT2D eigenvalue weighted by Crippen LogP contribution is 2.30. The summed E-state index contributed by atoms with van der Waals surface area (Å²) in [4.78, 5) is 1.30. The van der Waals surface area contributed by atoms with Crippen LogP contribution >= 0.6 is 11.9 Å². The van der Waals surface area contributed by atoms with Crippen molar-refractivity contribution >= 4 is 22.0 Å². The van der Waals surface area contributed by atoms with Crippen molar-refractivity contribution in [3.63, 3.8) is 0 Å². The summed E-state index contributed by atoms with van der Waals surface area (Å²) >= 11 is 1.31. The molecule has 0 N–H and O–H groups in total. The molecule has 0 aliphatic heterocycles. The number of hydrogen-bond donors (Lipinski definition) is 0. The van der Waals surface area contributed by atoms with Gasteiger partial charge in [0.2, 0.25) is 0 Å². The van der Waals surface area contributed by atoms with E-state index < -0.39 is 10.0 Å². The second-order valence-corrected chi connectivity index (χ2v) is 9.70. The second kappa shape index (κ2) is 10.8. The topological polar surface area (TPSA) is 37.4 Å². The Morgan fingerprint density at radius 2 is 1.46 bits per heavy atom. The molecule has 0 spiro atoms. The van der Waals surface area contributed by atoms with Gasteiger partial charge in [0, 0.05) is 11.4 Å². The minimum absolute atomic E-state index is 0.359. The maximum absolute atomic E-state index is 13.1. The van der Waals surface area contributed by atoms with Crippen molar-refractivity contribution in [3.05, 3.63) is 60.2 Å². The zero-order valence-corrected chi connectivity index (χ0v) is 17.4. The number of hydrogen-bond acceptors (Lipinski definition) is 3. The first kappa shape index (κ1) is 21.0. The Balaban J connectivity index is 2.09. The Bertz CT molecular complexity index is 743. The van der Waals surface area contributed by atoms with Gasteiger partial charge in [0.25, 0.3) is 10.0 Å². The standard InChI is InChI=1S/C21H29NO2S2/c1-3-4-5-6-7-11-18-22(25-20-12-9-8-10-13-20)26(23,24)21-16-14-19(2)15-17-21/h8-10,12-17H,3-7,11,18H2,1-2H3. The lowest BCUT2D eigenvalue weighted by Crippen LogP contribution is -2.25. The summed E-state index contributed by atoms with van der Waals surface area (Å²) in [5.74, 6) is 0. The molecule has 0 unspecified atom stereocenters. The summed E-state index contributed by atoms with van der Waals surface area (Å²) < 4.78 is 27.8. The van der Waals surface area contributed by atoms with Crippen LogP contribution in [0.3, 0.4) is 0 Å². The van der Waals surface area contributed by atoms with E-state index in [-0.39, 0.29) is 0 Å². The quantitative estimate of drug-likeness (QED) is 0.345. The summed E-state index contributed by atoms with van der Waals surface area (Å²) in [5.41, 5.74) is 1.06. The Kier molecular flexibility index (Phi) is 8.69. The Morgan fingerprint density at radius 1 is 0.846 bits per heavy atom. The molecule has 0 heterocycles. The van der Waals surface area contributed by atoms with E-state index in [2.05, 4.69) is 6.92 Å². The molecule has 2 aromatic rings. The van der Waals surface area contributed by atoms with Crippen LogP contribution in [0.25, 0.3) is 0 Å². The van der Waals surface area contributed by atoms with Crippen LogP contribution in [0.2, 0.25) is 0 Å². The van der Waals surface area contributed by atoms with Gasteiger partial charge in [0.15, 0.2) is 0 Å². The molecule has 2 rings (SSSR count). The fourth-order valence-electron chi connectivity index (χ4n) is 2.66. The van der Waals surface area contributed by atoms with Crippen LogP contribution in [0, 0.1) is 6.92 Å². The van der Waals surface area contributed by atoms with Gasteiger partial charge in [-0.05, 0) is 49.6 Å². The largest absolute Gasteiger partial charge is 0.252 e. The SMILES string of the molecule is CCCCCCCCN(Sc1ccccc1)S(=O)(=O)c1ccc(C)cc1. The summed E-state index contributed by atoms with van der Waals surface area (Å²) in [7, 11) is -3.52. The minimum atomic E-state index is -3.52. The predicted molar refractivity (Wildman–Crippen MR) is 111 cm³/mol. The zero-order chi connectivity index (χ0) is 18.8. The van der Waals surface area contributed by atoms with Crippen molar-refractivity contribution in [2.75, 3.05) is 6.54 Å². The fourth-order valence-corrected chi connectivity index (χ4v) is 5.39. The number of unbranched alkanes of at least 4 members (excludes halogenated alkanes) is 5. The van der Waals surface area contributed by atoms with Crippen LogP contribution in [-0.4, -0.2) is 18.7 Å². The van der Waals surface area contributed by atoms with E-state index in [4.69, 9.17) is 0 Å². The van der Waals surface area contributed by atoms with Gasteiger partial charge in [0.1, 0.15) is 0 Å². The Hall–Kier alpha value is -1.30. The third-order valence-electron chi connectivity index (χ3n) is 4.23. The molecular weight excluding hydrogens is 362 g/mol. The summed E-state index contributed by atoms with van der Waals surface area (Å²) in [5, 5.41) is 0. The Labute approximate surface area is 163 Å². The first-order valence-corrected chi connectivity index (χ1v) is 11.6. The lowest BCUT2D eigenvalue weighted by atomic mass is 10.1. The van der Waals surface area contributed by atoms with Crippen LogP contribution in [0.15, 0.2) is 64.4 Å². The molecule has 0 bridgehead atoms. The molecule has 3 nitrogen and oxygen atoms in total. The lowest BCUT2D eigenvalue weighted by molar-refractivity contribution is 0.518. The van der Waals surface area contributed by atoms with Crippen molar-refractivity contribution in [1.29, 1.82) is 0 Å². The third kappa shape index (κ3) is 6.45. The molecule has 0 aliphatic carbocycles. The number of benzene rings is 2. The van der Waals surface area contributed by atoms with Crippen molar-refractivity contribution < 1.29 is 8.42 Å². The average Bonchev–Trinajstić information content (AvgIpc) is 2.64. The van der Waals surface area contributed by atoms with Crippen LogP contribution in [-0.2, 0) is 10.0 Å². The van der Waals surface area contributed by atoms with Gasteiger partial charge in [-0.25, -0.2) is 8.42 Å². The molecule has 0 fully saturated rings. The molecule has 0 saturated heterocycles. The van der Waals surface area contributed by atoms with Crippen LogP contribution < -0.4 is 0 Å². The first-order chi connectivity index (χ1) is 12.5. The zero-order valence-electron chi connectivity index (χ0n) is 15.7. The van der Waals surface area contributed by atoms with Crippen LogP contribution in [0.1, 0.15) is 51.0 Å². The van der Waals surface area contributed by atoms with Crippen LogP contribution in [0.4, 0.5) is 0 Å². The fraction of sp³-hybridized carbons (Fsp3) is 0.429. The van der Waals surface area contributed by atoms with E-state index in [0.717, 1.165) is 23.3 Å². The number of aryl methyl sites for hydroxylation is 1. The van der Waals surface area contributed by atoms with E-state index in [1.54, 1.807) is 15.8 Å². The highest BCUT2D eigenvalue weighted by molar-refractivity contribution is 8.08. The van der Waals surface area contributed by atoms with Crippen molar-refractivity contribution in [1.82, 2.24) is 3.71 Å². The molecule has 5 heteroatoms. The highest BCUT2D eigenvalue weighted by atomic mass is 32.3. The molecule has 26 heavy (non-hydrogen) atoms. The van der Waals surface area contributed by atoms with Gasteiger partial charge in [0.05, 0.1) is 4.90 Å². The van der Waals surface area contributed by atoms with Gasteiger partial charge in [-0.3, -0.25) is 0 Å². The Morgan fingerprint density at radius 3 is 2.12 bits per heavy atom. The van der Waals surface area contributed by atoms with Crippen molar-refractivity contribution in [2.24, 2.45) is 0 Å². The van der Waals surface area contributed by atoms with E-state index in [1.807, 2.05) is 49.4 Å². The number of nitrogens with zero attached hydrogens (tertiary/aromatic N) is 1. The van der Waals surface area contributed by atoms with Gasteiger partial charge in [-0.15, -0.1) is 3.71 Å². The molecule has 0 radical (unpaired) electrons. The van der Waals surface area contributed by atoms with Gasteiger partial charge < -0.3 is 0 Å². The van der Waals surface area contributed by atoms with Crippen LogP contribution in [0.5, 0.6) is 0 Å². The van der Waals surface area contributed by atoms with E-state index in [1.165, 1.54) is 37.6 Å². The average molecular weight is 392 g/mol. The molecule has 2 aromatic carbocycles. The monoisotopic (exact) mass is 391 g/mol. The van der Waals surface area contributed by atoms with E-state index in [0.29, 0.717) is 11.4 Å². The van der Waals surface area contributed by atoms with Crippen molar-refractivity contribution in [2.45, 2.75) is 62.2 Å². The molecule has 0 aliphatic rings. The maximum Gasteiger partial charge on any atom is 0.252 e. The smallest absolute Gasteiger partial charge is 0.206 e. The van der Waals surface area contributed by atoms with Gasteiger partial charge in [-0.2, -0.15) is 0 Å². The normalized spacial score (nSPS) is 11.8. The van der Waals surface area contributed by atoms with Gasteiger partial charge in [-0.1, -0.05) is 74.9 Å². The molecule has 0 atom stereocenters. The number of rotatable bonds is 11. The molecule has 0 amide bonds. The van der Waals surface area contributed by atoms with Gasteiger partial charge >= 0.3 is 0 Å². The maximum atomic E-state index is 13.1. The molecule has 0 saturated carbocycles. The van der Waals surface area contributed by atoms with Crippen molar-refractivity contribution in [3.8, 4) is 0 Å². The number of sulfonamides is 1. The lowest BCUT2D eigenvalue weighted by Gasteiger charge is -2.21. The molecule has 0 aromatic heterocycles. The summed E-state index contributed by atoms with van der Waals surface area (Å²) in [6.07, 6.45) is 6.82. The molecular formula is C21H29NO2S2. The second-order valence-electron chi connectivity index (χ2n) is 6.52. The molecule has 142 valence electrons.